The average molecular weight is 416 g/mol. The first-order chi connectivity index (χ1) is 11.2. The molecule has 1 rings (SSSR count). The Bertz CT molecular complexity index is 607. The molecule has 0 aliphatic rings. The van der Waals surface area contributed by atoms with E-state index in [0.29, 0.717) is 20.7 Å². The Morgan fingerprint density at radius 1 is 1.29 bits per heavy atom. The molecule has 1 atom stereocenters. The number of thioether (sulfide) groups is 1. The van der Waals surface area contributed by atoms with Crippen LogP contribution in [0.2, 0.25) is 10.0 Å². The third kappa shape index (κ3) is 5.92. The van der Waals surface area contributed by atoms with Gasteiger partial charge in [-0.15, -0.1) is 11.8 Å². The minimum Gasteiger partial charge on any atom is -0.308 e. The van der Waals surface area contributed by atoms with Crippen LogP contribution in [0.3, 0.4) is 0 Å². The van der Waals surface area contributed by atoms with Gasteiger partial charge in [0.15, 0.2) is 0 Å². The number of amides is 1. The first-order valence-electron chi connectivity index (χ1n) is 7.16. The Morgan fingerprint density at radius 3 is 2.33 bits per heavy atom. The number of rotatable bonds is 9. The minimum absolute atomic E-state index is 0.109. The van der Waals surface area contributed by atoms with Crippen molar-refractivity contribution in [2.24, 2.45) is 0 Å². The Kier molecular flexibility index (Phi) is 9.09. The van der Waals surface area contributed by atoms with E-state index in [4.69, 9.17) is 32.2 Å². The maximum Gasteiger partial charge on any atom is 0.347 e. The van der Waals surface area contributed by atoms with Crippen molar-refractivity contribution in [3.8, 4) is 0 Å². The third-order valence-corrected chi connectivity index (χ3v) is 7.93. The van der Waals surface area contributed by atoms with Crippen LogP contribution < -0.4 is 0 Å². The van der Waals surface area contributed by atoms with E-state index in [2.05, 4.69) is 0 Å². The highest BCUT2D eigenvalue weighted by Gasteiger charge is 2.38. The van der Waals surface area contributed by atoms with Crippen LogP contribution >= 0.6 is 42.6 Å². The number of carbonyl (C=O) groups excluding carboxylic acids is 1. The fourth-order valence-electron chi connectivity index (χ4n) is 1.81. The summed E-state index contributed by atoms with van der Waals surface area (Å²) in [6, 6.07) is 4.80. The predicted molar refractivity (Wildman–Crippen MR) is 97.1 cm³/mol. The van der Waals surface area contributed by atoms with Crippen molar-refractivity contribution in [1.82, 2.24) is 5.06 Å². The highest BCUT2D eigenvalue weighted by atomic mass is 35.5. The van der Waals surface area contributed by atoms with E-state index < -0.39 is 18.5 Å². The van der Waals surface area contributed by atoms with Crippen LogP contribution in [-0.4, -0.2) is 42.2 Å². The molecular formula is C14H20Cl2NO5PS. The Labute approximate surface area is 155 Å². The molecule has 0 aliphatic carbocycles. The zero-order valence-corrected chi connectivity index (χ0v) is 16.8. The van der Waals surface area contributed by atoms with Gasteiger partial charge < -0.3 is 9.05 Å². The number of benzene rings is 1. The van der Waals surface area contributed by atoms with Crippen molar-refractivity contribution in [3.63, 3.8) is 0 Å². The predicted octanol–water partition coefficient (Wildman–Crippen LogP) is 4.84. The molecule has 0 saturated heterocycles. The number of halogens is 2. The smallest absolute Gasteiger partial charge is 0.308 e. The highest BCUT2D eigenvalue weighted by Crippen LogP contribution is 2.65. The Hall–Kier alpha value is -0.270. The second-order valence-corrected chi connectivity index (χ2v) is 9.00. The van der Waals surface area contributed by atoms with E-state index in [0.717, 1.165) is 11.8 Å². The van der Waals surface area contributed by atoms with Gasteiger partial charge in [0.05, 0.1) is 29.0 Å². The van der Waals surface area contributed by atoms with Crippen molar-refractivity contribution in [3.05, 3.63) is 33.8 Å². The molecule has 24 heavy (non-hydrogen) atoms. The summed E-state index contributed by atoms with van der Waals surface area (Å²) in [5.41, 5.74) is 0.563. The molecule has 1 aromatic carbocycles. The lowest BCUT2D eigenvalue weighted by atomic mass is 10.2. The van der Waals surface area contributed by atoms with Gasteiger partial charge in [0, 0.05) is 7.05 Å². The third-order valence-electron chi connectivity index (χ3n) is 2.86. The van der Waals surface area contributed by atoms with E-state index in [-0.39, 0.29) is 19.0 Å². The molecule has 1 amide bonds. The fourth-order valence-corrected chi connectivity index (χ4v) is 5.86. The lowest BCUT2D eigenvalue weighted by molar-refractivity contribution is -0.155. The molecule has 0 saturated carbocycles. The van der Waals surface area contributed by atoms with E-state index >= 15 is 0 Å². The van der Waals surface area contributed by atoms with Crippen molar-refractivity contribution >= 4 is 48.5 Å². The standard InChI is InChI=1S/C14H20Cl2NO5PS/c1-4-21-23(20,22-5-2)14(24-9-13(18)17(3)19)10-6-7-11(15)12(16)8-10/h6-8,14,19H,4-5,9H2,1-3H3. The molecular weight excluding hydrogens is 396 g/mol. The summed E-state index contributed by atoms with van der Waals surface area (Å²) in [5, 5.41) is 10.3. The van der Waals surface area contributed by atoms with Gasteiger partial charge in [-0.2, -0.15) is 0 Å². The van der Waals surface area contributed by atoms with E-state index in [1.807, 2.05) is 0 Å². The van der Waals surface area contributed by atoms with Gasteiger partial charge in [0.25, 0.3) is 5.91 Å². The summed E-state index contributed by atoms with van der Waals surface area (Å²) in [6.07, 6.45) is 0. The quantitative estimate of drug-likeness (QED) is 0.353. The van der Waals surface area contributed by atoms with Crippen LogP contribution in [0.5, 0.6) is 0 Å². The van der Waals surface area contributed by atoms with Gasteiger partial charge in [0.1, 0.15) is 4.99 Å². The van der Waals surface area contributed by atoms with Crippen LogP contribution in [0.1, 0.15) is 24.4 Å². The van der Waals surface area contributed by atoms with Crippen LogP contribution in [-0.2, 0) is 18.4 Å². The molecule has 0 spiro atoms. The molecule has 1 unspecified atom stereocenters. The lowest BCUT2D eigenvalue weighted by Crippen LogP contribution is -2.24. The van der Waals surface area contributed by atoms with Crippen LogP contribution in [0.4, 0.5) is 0 Å². The van der Waals surface area contributed by atoms with Gasteiger partial charge in [-0.25, -0.2) is 5.06 Å². The van der Waals surface area contributed by atoms with E-state index in [9.17, 15) is 14.6 Å². The summed E-state index contributed by atoms with van der Waals surface area (Å²) in [4.78, 5) is 10.9. The molecule has 0 aliphatic heterocycles. The van der Waals surface area contributed by atoms with Crippen LogP contribution in [0.15, 0.2) is 18.2 Å². The summed E-state index contributed by atoms with van der Waals surface area (Å²) in [7, 11) is -2.34. The van der Waals surface area contributed by atoms with E-state index in [1.165, 1.54) is 7.05 Å². The summed E-state index contributed by atoms with van der Waals surface area (Å²) in [5.74, 6) is -0.646. The zero-order valence-electron chi connectivity index (χ0n) is 13.6. The molecule has 10 heteroatoms. The first-order valence-corrected chi connectivity index (χ1v) is 10.6. The number of nitrogens with zero attached hydrogens (tertiary/aromatic N) is 1. The fraction of sp³-hybridized carbons (Fsp3) is 0.500. The number of hydroxylamine groups is 2. The summed E-state index contributed by atoms with van der Waals surface area (Å²) >= 11 is 13.0. The van der Waals surface area contributed by atoms with Gasteiger partial charge in [0.2, 0.25) is 0 Å². The summed E-state index contributed by atoms with van der Waals surface area (Å²) < 4.78 is 24.0. The number of hydrogen-bond acceptors (Lipinski definition) is 6. The van der Waals surface area contributed by atoms with Crippen molar-refractivity contribution in [1.29, 1.82) is 0 Å². The van der Waals surface area contributed by atoms with Gasteiger partial charge >= 0.3 is 7.60 Å². The van der Waals surface area contributed by atoms with Crippen molar-refractivity contribution in [2.75, 3.05) is 26.0 Å². The Balaban J connectivity index is 3.20. The zero-order chi connectivity index (χ0) is 18.3. The molecule has 1 aromatic rings. The minimum atomic E-state index is -3.56. The molecule has 6 nitrogen and oxygen atoms in total. The highest BCUT2D eigenvalue weighted by molar-refractivity contribution is 8.05. The second kappa shape index (κ2) is 10.0. The van der Waals surface area contributed by atoms with Crippen LogP contribution in [0.25, 0.3) is 0 Å². The SMILES string of the molecule is CCOP(=O)(OCC)C(SCC(=O)N(C)O)c1ccc(Cl)c(Cl)c1. The van der Waals surface area contributed by atoms with E-state index in [1.54, 1.807) is 32.0 Å². The van der Waals surface area contributed by atoms with Gasteiger partial charge in [-0.05, 0) is 31.5 Å². The maximum absolute atomic E-state index is 13.2. The first kappa shape index (κ1) is 21.8. The normalized spacial score (nSPS) is 12.9. The second-order valence-electron chi connectivity index (χ2n) is 4.63. The molecule has 0 aromatic heterocycles. The van der Waals surface area contributed by atoms with Gasteiger partial charge in [-0.1, -0.05) is 29.3 Å². The number of carbonyl (C=O) groups is 1. The van der Waals surface area contributed by atoms with Crippen molar-refractivity contribution in [2.45, 2.75) is 18.8 Å². The number of hydrogen-bond donors (Lipinski definition) is 1. The summed E-state index contributed by atoms with van der Waals surface area (Å²) in [6.45, 7) is 3.77. The molecule has 0 bridgehead atoms. The molecule has 0 radical (unpaired) electrons. The monoisotopic (exact) mass is 415 g/mol. The van der Waals surface area contributed by atoms with Crippen molar-refractivity contribution < 1.29 is 23.6 Å². The Morgan fingerprint density at radius 2 is 1.88 bits per heavy atom. The van der Waals surface area contributed by atoms with Gasteiger partial charge in [-0.3, -0.25) is 14.6 Å². The average Bonchev–Trinajstić information content (AvgIpc) is 2.51. The lowest BCUT2D eigenvalue weighted by Gasteiger charge is -2.26. The largest absolute Gasteiger partial charge is 0.347 e. The molecule has 0 fully saturated rings. The molecule has 1 N–H and O–H groups in total. The maximum atomic E-state index is 13.2. The van der Waals surface area contributed by atoms with Crippen LogP contribution in [0, 0.1) is 0 Å². The molecule has 0 heterocycles. The topological polar surface area (TPSA) is 76.1 Å². The molecule has 136 valence electrons.